The molecular weight excluding hydrogens is 562 g/mol. The Morgan fingerprint density at radius 1 is 0.500 bits per heavy atom. The van der Waals surface area contributed by atoms with Crippen LogP contribution in [-0.2, 0) is 25.8 Å². The molecule has 0 aliphatic rings. The van der Waals surface area contributed by atoms with Gasteiger partial charge in [0.1, 0.15) is 0 Å². The maximum absolute atomic E-state index is 4.07. The van der Waals surface area contributed by atoms with Crippen molar-refractivity contribution < 1.29 is 0 Å². The summed E-state index contributed by atoms with van der Waals surface area (Å²) in [4.78, 5) is 16.0. The van der Waals surface area contributed by atoms with Crippen LogP contribution in [0, 0.1) is 21.7 Å². The molecule has 0 N–H and O–H groups in total. The lowest BCUT2D eigenvalue weighted by Crippen LogP contribution is -2.08. The predicted molar refractivity (Wildman–Crippen MR) is 198 cm³/mol. The number of hydrogen-bond acceptors (Lipinski definition) is 4. The van der Waals surface area contributed by atoms with Gasteiger partial charge in [-0.05, 0) is 107 Å². The molecule has 0 fully saturated rings. The number of aromatic nitrogens is 5. The van der Waals surface area contributed by atoms with E-state index in [0.717, 1.165) is 25.8 Å². The van der Waals surface area contributed by atoms with E-state index < -0.39 is 0 Å². The van der Waals surface area contributed by atoms with Gasteiger partial charge in [-0.3, -0.25) is 15.0 Å². The Kier molecular flexibility index (Phi) is 17.7. The summed E-state index contributed by atoms with van der Waals surface area (Å²) in [7, 11) is 0. The number of aryl methyl sites for hydroxylation is 2. The van der Waals surface area contributed by atoms with E-state index in [2.05, 4.69) is 138 Å². The van der Waals surface area contributed by atoms with Crippen LogP contribution >= 0.6 is 0 Å². The number of imidazole rings is 1. The minimum Gasteiger partial charge on any atom is -0.337 e. The molecule has 4 aromatic rings. The number of nitrogens with zero attached hydrogens (tertiary/aromatic N) is 5. The maximum atomic E-state index is 4.07. The first kappa shape index (κ1) is 40.7. The number of rotatable bonds is 7. The Labute approximate surface area is 282 Å². The lowest BCUT2D eigenvalue weighted by Gasteiger charge is -2.17. The van der Waals surface area contributed by atoms with Crippen LogP contribution in [0.1, 0.15) is 119 Å². The Bertz CT molecular complexity index is 1210. The highest BCUT2D eigenvalue weighted by molar-refractivity contribution is 5.12. The number of hydrogen-bond donors (Lipinski definition) is 0. The number of pyridine rings is 3. The first-order valence-electron chi connectivity index (χ1n) is 16.9. The highest BCUT2D eigenvalue weighted by Gasteiger charge is 2.12. The Morgan fingerprint density at radius 2 is 1.02 bits per heavy atom. The van der Waals surface area contributed by atoms with Crippen molar-refractivity contribution in [1.82, 2.24) is 24.5 Å². The smallest absolute Gasteiger partial charge is 0.0945 e. The third-order valence-electron chi connectivity index (χ3n) is 6.76. The third-order valence-corrected chi connectivity index (χ3v) is 6.76. The van der Waals surface area contributed by atoms with Crippen LogP contribution in [0.4, 0.5) is 0 Å². The summed E-state index contributed by atoms with van der Waals surface area (Å²) in [6, 6.07) is 12.4. The van der Waals surface area contributed by atoms with Gasteiger partial charge >= 0.3 is 0 Å². The molecular formula is C41H65N5. The molecule has 4 heterocycles. The summed E-state index contributed by atoms with van der Waals surface area (Å²) in [5, 5.41) is 0. The Morgan fingerprint density at radius 3 is 1.46 bits per heavy atom. The van der Waals surface area contributed by atoms with E-state index in [1.165, 1.54) is 36.0 Å². The van der Waals surface area contributed by atoms with E-state index in [0.29, 0.717) is 21.7 Å². The fraction of sp³-hybridized carbons (Fsp3) is 0.561. The normalized spacial score (nSPS) is 11.7. The summed E-state index contributed by atoms with van der Waals surface area (Å²) in [6.07, 6.45) is 24.0. The molecule has 0 spiro atoms. The molecule has 0 amide bonds. The first-order valence-corrected chi connectivity index (χ1v) is 16.9. The summed E-state index contributed by atoms with van der Waals surface area (Å²) >= 11 is 0. The van der Waals surface area contributed by atoms with Gasteiger partial charge in [0.05, 0.1) is 6.33 Å². The zero-order chi connectivity index (χ0) is 34.7. The average molecular weight is 628 g/mol. The molecule has 0 aromatic carbocycles. The fourth-order valence-electron chi connectivity index (χ4n) is 4.51. The van der Waals surface area contributed by atoms with Gasteiger partial charge in [0.25, 0.3) is 0 Å². The molecule has 0 bridgehead atoms. The molecule has 5 heteroatoms. The second-order valence-electron chi connectivity index (χ2n) is 17.1. The summed E-state index contributed by atoms with van der Waals surface area (Å²) in [5.41, 5.74) is 5.71. The van der Waals surface area contributed by atoms with E-state index in [1.807, 2.05) is 62.0 Å². The van der Waals surface area contributed by atoms with E-state index in [9.17, 15) is 0 Å². The van der Waals surface area contributed by atoms with Gasteiger partial charge in [0.2, 0.25) is 0 Å². The van der Waals surface area contributed by atoms with Crippen LogP contribution < -0.4 is 0 Å². The van der Waals surface area contributed by atoms with Crippen molar-refractivity contribution in [2.75, 3.05) is 0 Å². The van der Waals surface area contributed by atoms with Crippen LogP contribution in [0.25, 0.3) is 0 Å². The molecule has 0 unspecified atom stereocenters. The van der Waals surface area contributed by atoms with Crippen molar-refractivity contribution in [3.8, 4) is 0 Å². The highest BCUT2D eigenvalue weighted by atomic mass is 15.0. The molecule has 0 aliphatic heterocycles. The molecule has 46 heavy (non-hydrogen) atoms. The van der Waals surface area contributed by atoms with Crippen molar-refractivity contribution in [3.63, 3.8) is 0 Å². The third kappa shape index (κ3) is 24.9. The molecule has 0 aliphatic carbocycles. The Balaban J connectivity index is 0.000000307. The monoisotopic (exact) mass is 628 g/mol. The van der Waals surface area contributed by atoms with Crippen molar-refractivity contribution in [1.29, 1.82) is 0 Å². The molecule has 0 saturated carbocycles. The maximum Gasteiger partial charge on any atom is 0.0945 e. The molecule has 4 aromatic heterocycles. The lowest BCUT2D eigenvalue weighted by atomic mass is 9.89. The molecule has 0 saturated heterocycles. The zero-order valence-corrected chi connectivity index (χ0v) is 31.3. The van der Waals surface area contributed by atoms with Crippen molar-refractivity contribution in [3.05, 3.63) is 109 Å². The molecule has 4 rings (SSSR count). The minimum absolute atomic E-state index is 0.364. The van der Waals surface area contributed by atoms with Crippen LogP contribution in [-0.4, -0.2) is 24.5 Å². The van der Waals surface area contributed by atoms with E-state index >= 15 is 0 Å². The largest absolute Gasteiger partial charge is 0.337 e. The van der Waals surface area contributed by atoms with E-state index in [1.54, 1.807) is 0 Å². The highest BCUT2D eigenvalue weighted by Crippen LogP contribution is 2.22. The van der Waals surface area contributed by atoms with Crippen LogP contribution in [0.5, 0.6) is 0 Å². The minimum atomic E-state index is 0.364. The topological polar surface area (TPSA) is 56.5 Å². The zero-order valence-electron chi connectivity index (χ0n) is 31.3. The summed E-state index contributed by atoms with van der Waals surface area (Å²) in [6.45, 7) is 28.2. The van der Waals surface area contributed by atoms with Crippen LogP contribution in [0.2, 0.25) is 0 Å². The van der Waals surface area contributed by atoms with Gasteiger partial charge < -0.3 is 4.57 Å². The standard InChI is InChI=1S/C11H17N.C10H18N2.2C10H15N/c1-11(2,3)7-4-10-5-8-12-9-6-10;1-10(2,3)5-4-7-12-8-6-11-9-12;1-10(2,3)8-9-4-6-11-7-5-9;1-10(2,3)7-9-5-4-6-11-8-9/h5-6,8-9H,4,7H2,1-3H3;6,8-9H,4-5,7H2,1-3H3;4-7H,8H2,1-3H3;4-6,8H,7H2,1-3H3. The van der Waals surface area contributed by atoms with Crippen molar-refractivity contribution >= 4 is 0 Å². The molecule has 0 atom stereocenters. The van der Waals surface area contributed by atoms with Crippen molar-refractivity contribution in [2.24, 2.45) is 21.7 Å². The summed E-state index contributed by atoms with van der Waals surface area (Å²) in [5.74, 6) is 0. The summed E-state index contributed by atoms with van der Waals surface area (Å²) < 4.78 is 2.13. The van der Waals surface area contributed by atoms with Crippen LogP contribution in [0.3, 0.4) is 0 Å². The van der Waals surface area contributed by atoms with Gasteiger partial charge in [-0.2, -0.15) is 0 Å². The van der Waals surface area contributed by atoms with E-state index in [4.69, 9.17) is 0 Å². The molecule has 0 radical (unpaired) electrons. The van der Waals surface area contributed by atoms with Gasteiger partial charge in [-0.1, -0.05) is 89.2 Å². The van der Waals surface area contributed by atoms with Gasteiger partial charge in [0.15, 0.2) is 0 Å². The van der Waals surface area contributed by atoms with Gasteiger partial charge in [0, 0.05) is 56.1 Å². The van der Waals surface area contributed by atoms with Crippen molar-refractivity contribution in [2.45, 2.75) is 128 Å². The van der Waals surface area contributed by atoms with E-state index in [-0.39, 0.29) is 0 Å². The average Bonchev–Trinajstić information content (AvgIpc) is 3.46. The second-order valence-corrected chi connectivity index (χ2v) is 17.1. The lowest BCUT2D eigenvalue weighted by molar-refractivity contribution is 0.353. The quantitative estimate of drug-likeness (QED) is 0.204. The fourth-order valence-corrected chi connectivity index (χ4v) is 4.51. The van der Waals surface area contributed by atoms with Crippen LogP contribution in [0.15, 0.2) is 92.3 Å². The second kappa shape index (κ2) is 20.0. The SMILES string of the molecule is CC(C)(C)CCCn1ccnc1.CC(C)(C)CCc1ccncc1.CC(C)(C)Cc1cccnc1.CC(C)(C)Cc1ccncc1. The van der Waals surface area contributed by atoms with Gasteiger partial charge in [-0.25, -0.2) is 4.98 Å². The predicted octanol–water partition coefficient (Wildman–Crippen LogP) is 11.1. The van der Waals surface area contributed by atoms with Gasteiger partial charge in [-0.15, -0.1) is 0 Å². The molecule has 254 valence electrons. The first-order chi connectivity index (χ1) is 21.3. The molecule has 5 nitrogen and oxygen atoms in total. The Hall–Kier alpha value is -3.34.